The summed E-state index contributed by atoms with van der Waals surface area (Å²) in [7, 11) is 1.33. The zero-order chi connectivity index (χ0) is 15.5. The van der Waals surface area contributed by atoms with Crippen LogP contribution in [0.4, 0.5) is 0 Å². The van der Waals surface area contributed by atoms with Crippen LogP contribution in [0.15, 0.2) is 40.0 Å². The third-order valence-corrected chi connectivity index (χ3v) is 4.29. The maximum Gasteiger partial charge on any atom is 0.331 e. The maximum absolute atomic E-state index is 12.1. The van der Waals surface area contributed by atoms with Gasteiger partial charge < -0.3 is 14.9 Å². The van der Waals surface area contributed by atoms with Crippen molar-refractivity contribution in [1.82, 2.24) is 4.98 Å². The lowest BCUT2D eigenvalue weighted by molar-refractivity contribution is -0.146. The summed E-state index contributed by atoms with van der Waals surface area (Å²) in [6, 6.07) is 9.16. The van der Waals surface area contributed by atoms with E-state index in [2.05, 4.69) is 4.98 Å². The molecule has 1 unspecified atom stereocenters. The van der Waals surface area contributed by atoms with Crippen LogP contribution in [0.3, 0.4) is 0 Å². The molecule has 0 radical (unpaired) electrons. The molecule has 1 heterocycles. The molecule has 0 saturated heterocycles. The zero-order valence-corrected chi connectivity index (χ0v) is 13.1. The molecule has 0 aliphatic carbocycles. The number of rotatable bonds is 5. The smallest absolute Gasteiger partial charge is 0.331 e. The van der Waals surface area contributed by atoms with Crippen molar-refractivity contribution in [2.75, 3.05) is 12.9 Å². The van der Waals surface area contributed by atoms with Crippen molar-refractivity contribution in [2.24, 2.45) is 5.73 Å². The third-order valence-electron chi connectivity index (χ3n) is 3.27. The van der Waals surface area contributed by atoms with Crippen LogP contribution in [-0.4, -0.2) is 23.8 Å². The van der Waals surface area contributed by atoms with Crippen LogP contribution in [0.25, 0.3) is 0 Å². The minimum absolute atomic E-state index is 0.281. The number of nitrogens with zero attached hydrogens (tertiary/aromatic N) is 1. The second kappa shape index (κ2) is 6.32. The number of methoxy groups -OCH3 is 1. The fraction of sp³-hybridized carbons (Fsp3) is 0.333. The number of benzene rings is 1. The largest absolute Gasteiger partial charge is 0.467 e. The molecule has 112 valence electrons. The summed E-state index contributed by atoms with van der Waals surface area (Å²) in [5.74, 6) is 0.558. The molecule has 1 atom stereocenters. The lowest BCUT2D eigenvalue weighted by Crippen LogP contribution is -2.48. The fourth-order valence-electron chi connectivity index (χ4n) is 1.86. The standard InChI is InChI=1S/C15H18N2O3S/c1-10-11(2)20-14(17-10)21-9-15(16,13(18)19-3)12-7-5-4-6-8-12/h4-8H,9,16H2,1-3H3. The van der Waals surface area contributed by atoms with Crippen LogP contribution in [-0.2, 0) is 15.1 Å². The maximum atomic E-state index is 12.1. The van der Waals surface area contributed by atoms with Crippen LogP contribution in [0.2, 0.25) is 0 Å². The van der Waals surface area contributed by atoms with E-state index in [4.69, 9.17) is 14.9 Å². The topological polar surface area (TPSA) is 78.4 Å². The normalized spacial score (nSPS) is 13.7. The van der Waals surface area contributed by atoms with E-state index in [-0.39, 0.29) is 5.75 Å². The Kier molecular flexibility index (Phi) is 4.69. The van der Waals surface area contributed by atoms with Crippen molar-refractivity contribution in [2.45, 2.75) is 24.6 Å². The van der Waals surface area contributed by atoms with E-state index in [9.17, 15) is 4.79 Å². The Labute approximate surface area is 127 Å². The van der Waals surface area contributed by atoms with Crippen molar-refractivity contribution in [3.05, 3.63) is 47.3 Å². The number of thioether (sulfide) groups is 1. The second-order valence-corrected chi connectivity index (χ2v) is 5.67. The van der Waals surface area contributed by atoms with Gasteiger partial charge >= 0.3 is 5.97 Å². The molecule has 2 N–H and O–H groups in total. The summed E-state index contributed by atoms with van der Waals surface area (Å²) >= 11 is 1.30. The van der Waals surface area contributed by atoms with Gasteiger partial charge in [0, 0.05) is 5.75 Å². The molecule has 0 amide bonds. The highest BCUT2D eigenvalue weighted by molar-refractivity contribution is 7.99. The Hall–Kier alpha value is -1.79. The lowest BCUT2D eigenvalue weighted by atomic mass is 9.93. The third kappa shape index (κ3) is 3.28. The summed E-state index contributed by atoms with van der Waals surface area (Å²) in [4.78, 5) is 16.4. The molecule has 0 fully saturated rings. The summed E-state index contributed by atoms with van der Waals surface area (Å²) in [5.41, 5.74) is 6.59. The summed E-state index contributed by atoms with van der Waals surface area (Å²) in [5, 5.41) is 0.500. The van der Waals surface area contributed by atoms with E-state index in [1.165, 1.54) is 18.9 Å². The van der Waals surface area contributed by atoms with Crippen LogP contribution < -0.4 is 5.73 Å². The van der Waals surface area contributed by atoms with Crippen LogP contribution in [0.5, 0.6) is 0 Å². The first-order valence-electron chi connectivity index (χ1n) is 6.47. The molecule has 6 heteroatoms. The van der Waals surface area contributed by atoms with Crippen molar-refractivity contribution in [3.8, 4) is 0 Å². The van der Waals surface area contributed by atoms with Gasteiger partial charge in [-0.1, -0.05) is 42.1 Å². The number of ether oxygens (including phenoxy) is 1. The van der Waals surface area contributed by atoms with Gasteiger partial charge in [0.25, 0.3) is 5.22 Å². The molecular weight excluding hydrogens is 288 g/mol. The fourth-order valence-corrected chi connectivity index (χ4v) is 2.88. The number of esters is 1. The van der Waals surface area contributed by atoms with Gasteiger partial charge in [-0.3, -0.25) is 0 Å². The van der Waals surface area contributed by atoms with Crippen molar-refractivity contribution in [1.29, 1.82) is 0 Å². The van der Waals surface area contributed by atoms with Crippen molar-refractivity contribution >= 4 is 17.7 Å². The number of carbonyl (C=O) groups excluding carboxylic acids is 1. The zero-order valence-electron chi connectivity index (χ0n) is 12.3. The summed E-state index contributed by atoms with van der Waals surface area (Å²) in [6.45, 7) is 3.72. The Bertz CT molecular complexity index is 608. The molecule has 21 heavy (non-hydrogen) atoms. The van der Waals surface area contributed by atoms with E-state index >= 15 is 0 Å². The molecule has 1 aromatic heterocycles. The van der Waals surface area contributed by atoms with E-state index in [1.54, 1.807) is 0 Å². The van der Waals surface area contributed by atoms with Gasteiger partial charge in [-0.05, 0) is 19.4 Å². The van der Waals surface area contributed by atoms with Gasteiger partial charge in [0.2, 0.25) is 0 Å². The molecule has 0 aliphatic heterocycles. The predicted molar refractivity (Wildman–Crippen MR) is 81.0 cm³/mol. The van der Waals surface area contributed by atoms with E-state index in [0.29, 0.717) is 10.8 Å². The highest BCUT2D eigenvalue weighted by atomic mass is 32.2. The molecule has 5 nitrogen and oxygen atoms in total. The number of carbonyl (C=O) groups is 1. The Morgan fingerprint density at radius 1 is 1.38 bits per heavy atom. The molecule has 2 aromatic rings. The molecule has 2 rings (SSSR count). The average Bonchev–Trinajstić information content (AvgIpc) is 2.83. The van der Waals surface area contributed by atoms with Gasteiger partial charge in [0.05, 0.1) is 12.8 Å². The first-order valence-corrected chi connectivity index (χ1v) is 7.45. The molecule has 0 aliphatic rings. The molecule has 1 aromatic carbocycles. The average molecular weight is 306 g/mol. The predicted octanol–water partition coefficient (Wildman–Crippen LogP) is 2.41. The SMILES string of the molecule is COC(=O)C(N)(CSc1nc(C)c(C)o1)c1ccccc1. The highest BCUT2D eigenvalue weighted by Gasteiger charge is 2.37. The Balaban J connectivity index is 2.23. The quantitative estimate of drug-likeness (QED) is 0.675. The molecular formula is C15H18N2O3S. The second-order valence-electron chi connectivity index (χ2n) is 4.74. The number of oxazole rings is 1. The number of aryl methyl sites for hydroxylation is 2. The van der Waals surface area contributed by atoms with Gasteiger partial charge in [-0.15, -0.1) is 0 Å². The van der Waals surface area contributed by atoms with E-state index < -0.39 is 11.5 Å². The minimum Gasteiger partial charge on any atom is -0.467 e. The van der Waals surface area contributed by atoms with E-state index in [1.807, 2.05) is 44.2 Å². The summed E-state index contributed by atoms with van der Waals surface area (Å²) < 4.78 is 10.4. The number of aromatic nitrogens is 1. The minimum atomic E-state index is -1.24. The monoisotopic (exact) mass is 306 g/mol. The molecule has 0 saturated carbocycles. The first-order chi connectivity index (χ1) is 9.97. The van der Waals surface area contributed by atoms with Gasteiger partial charge in [0.1, 0.15) is 11.3 Å². The van der Waals surface area contributed by atoms with E-state index in [0.717, 1.165) is 11.5 Å². The Morgan fingerprint density at radius 2 is 2.05 bits per heavy atom. The van der Waals surface area contributed by atoms with Gasteiger partial charge in [0.15, 0.2) is 0 Å². The summed E-state index contributed by atoms with van der Waals surface area (Å²) in [6.07, 6.45) is 0. The van der Waals surface area contributed by atoms with Gasteiger partial charge in [-0.2, -0.15) is 0 Å². The highest BCUT2D eigenvalue weighted by Crippen LogP contribution is 2.29. The first kappa shape index (κ1) is 15.6. The van der Waals surface area contributed by atoms with Crippen molar-refractivity contribution in [3.63, 3.8) is 0 Å². The lowest BCUT2D eigenvalue weighted by Gasteiger charge is -2.26. The van der Waals surface area contributed by atoms with Crippen molar-refractivity contribution < 1.29 is 13.9 Å². The van der Waals surface area contributed by atoms with Crippen LogP contribution in [0.1, 0.15) is 17.0 Å². The van der Waals surface area contributed by atoms with Crippen LogP contribution in [0, 0.1) is 13.8 Å². The van der Waals surface area contributed by atoms with Crippen LogP contribution >= 0.6 is 11.8 Å². The number of hydrogen-bond acceptors (Lipinski definition) is 6. The molecule has 0 bridgehead atoms. The number of nitrogens with two attached hydrogens (primary N) is 1. The van der Waals surface area contributed by atoms with Gasteiger partial charge in [-0.25, -0.2) is 9.78 Å². The molecule has 0 spiro atoms. The number of hydrogen-bond donors (Lipinski definition) is 1. The Morgan fingerprint density at radius 3 is 2.57 bits per heavy atom.